The molecule has 1 heterocycles. The summed E-state index contributed by atoms with van der Waals surface area (Å²) in [5.41, 5.74) is -1.13. The molecule has 1 aliphatic heterocycles. The third-order valence-corrected chi connectivity index (χ3v) is 9.09. The van der Waals surface area contributed by atoms with Gasteiger partial charge in [-0.25, -0.2) is 0 Å². The summed E-state index contributed by atoms with van der Waals surface area (Å²) in [4.78, 5) is 15.6. The summed E-state index contributed by atoms with van der Waals surface area (Å²) in [7, 11) is -1.95. The molecule has 0 unspecified atom stereocenters. The van der Waals surface area contributed by atoms with Crippen molar-refractivity contribution in [3.05, 3.63) is 10.1 Å². The molecule has 0 spiro atoms. The van der Waals surface area contributed by atoms with Crippen LogP contribution in [0.15, 0.2) is 0 Å². The minimum Gasteiger partial charge on any atom is -0.414 e. The maximum atomic E-state index is 10.8. The zero-order chi connectivity index (χ0) is 18.3. The van der Waals surface area contributed by atoms with Crippen LogP contribution in [0.2, 0.25) is 18.1 Å². The van der Waals surface area contributed by atoms with Gasteiger partial charge in [-0.3, -0.25) is 0 Å². The largest absolute Gasteiger partial charge is 0.414 e. The number of hydrogen-bond acceptors (Lipinski definition) is 6. The second-order valence-corrected chi connectivity index (χ2v) is 13.4. The smallest absolute Gasteiger partial charge is 0.295 e. The lowest BCUT2D eigenvalue weighted by atomic mass is 9.97. The van der Waals surface area contributed by atoms with Crippen molar-refractivity contribution in [1.29, 1.82) is 0 Å². The van der Waals surface area contributed by atoms with E-state index in [4.69, 9.17) is 18.7 Å². The fraction of sp³-hybridized carbons (Fsp3) is 1.00. The highest BCUT2D eigenvalue weighted by molar-refractivity contribution is 6.74. The monoisotopic (exact) mass is 349 g/mol. The minimum atomic E-state index is -1.95. The highest BCUT2D eigenvalue weighted by Crippen LogP contribution is 2.39. The van der Waals surface area contributed by atoms with Gasteiger partial charge in [0.1, 0.15) is 17.8 Å². The van der Waals surface area contributed by atoms with E-state index in [9.17, 15) is 10.1 Å². The summed E-state index contributed by atoms with van der Waals surface area (Å²) in [6.07, 6.45) is -1.01. The molecule has 0 N–H and O–H groups in total. The molecule has 0 saturated carbocycles. The standard InChI is InChI=1S/C15H31NO6Si/c1-13(2,3)23(8,9)19-10-11-12(21-15(6,7)20-11)14(4,5)22-16(17)18/h11-12H,10H2,1-9H3/t11-,12+/m0/s1. The van der Waals surface area contributed by atoms with Gasteiger partial charge in [0.25, 0.3) is 5.09 Å². The maximum Gasteiger partial charge on any atom is 0.295 e. The predicted molar refractivity (Wildman–Crippen MR) is 89.1 cm³/mol. The third-order valence-electron chi connectivity index (χ3n) is 4.59. The van der Waals surface area contributed by atoms with Gasteiger partial charge in [0.05, 0.1) is 6.61 Å². The van der Waals surface area contributed by atoms with Crippen LogP contribution in [0.1, 0.15) is 48.5 Å². The maximum absolute atomic E-state index is 10.8. The van der Waals surface area contributed by atoms with Gasteiger partial charge in [0, 0.05) is 0 Å². The Morgan fingerprint density at radius 1 is 1.17 bits per heavy atom. The Kier molecular flexibility index (Phi) is 5.58. The van der Waals surface area contributed by atoms with Gasteiger partial charge < -0.3 is 18.7 Å². The van der Waals surface area contributed by atoms with Gasteiger partial charge >= 0.3 is 0 Å². The number of ether oxygens (including phenoxy) is 2. The highest BCUT2D eigenvalue weighted by atomic mass is 28.4. The topological polar surface area (TPSA) is 80.1 Å². The molecule has 0 bridgehead atoms. The quantitative estimate of drug-likeness (QED) is 0.415. The Labute approximate surface area is 139 Å². The van der Waals surface area contributed by atoms with Crippen molar-refractivity contribution < 1.29 is 23.8 Å². The lowest BCUT2D eigenvalue weighted by Crippen LogP contribution is -2.50. The van der Waals surface area contributed by atoms with Gasteiger partial charge in [-0.1, -0.05) is 20.8 Å². The first-order valence-electron chi connectivity index (χ1n) is 7.90. The van der Waals surface area contributed by atoms with Crippen molar-refractivity contribution in [1.82, 2.24) is 0 Å². The second kappa shape index (κ2) is 6.31. The molecule has 1 saturated heterocycles. The lowest BCUT2D eigenvalue weighted by molar-refractivity contribution is -0.781. The normalized spacial score (nSPS) is 25.4. The Bertz CT molecular complexity index is 444. The van der Waals surface area contributed by atoms with Crippen LogP contribution in [-0.4, -0.2) is 43.6 Å². The van der Waals surface area contributed by atoms with Crippen LogP contribution in [0, 0.1) is 10.1 Å². The summed E-state index contributed by atoms with van der Waals surface area (Å²) in [6, 6.07) is 0. The van der Waals surface area contributed by atoms with E-state index >= 15 is 0 Å². The molecule has 8 heteroatoms. The summed E-state index contributed by atoms with van der Waals surface area (Å²) in [5, 5.41) is 10.0. The molecule has 0 amide bonds. The fourth-order valence-electron chi connectivity index (χ4n) is 2.30. The summed E-state index contributed by atoms with van der Waals surface area (Å²) < 4.78 is 18.0. The Balaban J connectivity index is 2.88. The Morgan fingerprint density at radius 2 is 1.70 bits per heavy atom. The van der Waals surface area contributed by atoms with E-state index in [-0.39, 0.29) is 5.04 Å². The number of hydrogen-bond donors (Lipinski definition) is 0. The molecule has 7 nitrogen and oxygen atoms in total. The van der Waals surface area contributed by atoms with Gasteiger partial charge in [-0.2, -0.15) is 0 Å². The minimum absolute atomic E-state index is 0.0737. The number of rotatable bonds is 6. The van der Waals surface area contributed by atoms with E-state index in [1.54, 1.807) is 27.7 Å². The number of nitrogens with zero attached hydrogens (tertiary/aromatic N) is 1. The first kappa shape index (κ1) is 20.3. The molecule has 0 aromatic heterocycles. The van der Waals surface area contributed by atoms with Crippen molar-refractivity contribution in [3.63, 3.8) is 0 Å². The van der Waals surface area contributed by atoms with Crippen molar-refractivity contribution in [2.75, 3.05) is 6.61 Å². The van der Waals surface area contributed by atoms with Gasteiger partial charge in [-0.05, 0) is 45.8 Å². The van der Waals surface area contributed by atoms with E-state index in [2.05, 4.69) is 33.9 Å². The molecule has 136 valence electrons. The van der Waals surface area contributed by atoms with Crippen molar-refractivity contribution in [2.45, 2.75) is 90.2 Å². The van der Waals surface area contributed by atoms with Crippen LogP contribution in [0.25, 0.3) is 0 Å². The van der Waals surface area contributed by atoms with Crippen molar-refractivity contribution in [3.8, 4) is 0 Å². The Hall–Kier alpha value is -0.703. The van der Waals surface area contributed by atoms with Crippen molar-refractivity contribution in [2.24, 2.45) is 0 Å². The van der Waals surface area contributed by atoms with Crippen LogP contribution in [0.5, 0.6) is 0 Å². The molecule has 23 heavy (non-hydrogen) atoms. The molecule has 2 atom stereocenters. The summed E-state index contributed by atoms with van der Waals surface area (Å²) in [6.45, 7) is 17.9. The average Bonchev–Trinajstić information content (AvgIpc) is 2.60. The van der Waals surface area contributed by atoms with Crippen LogP contribution in [-0.2, 0) is 18.7 Å². The molecule has 0 aromatic rings. The van der Waals surface area contributed by atoms with Crippen LogP contribution in [0.3, 0.4) is 0 Å². The third kappa shape index (κ3) is 5.14. The molecule has 0 radical (unpaired) electrons. The van der Waals surface area contributed by atoms with E-state index < -0.39 is 37.0 Å². The molecular weight excluding hydrogens is 318 g/mol. The van der Waals surface area contributed by atoms with Crippen molar-refractivity contribution >= 4 is 8.32 Å². The molecule has 1 aliphatic rings. The first-order chi connectivity index (χ1) is 10.1. The van der Waals surface area contributed by atoms with Gasteiger partial charge in [0.15, 0.2) is 14.1 Å². The van der Waals surface area contributed by atoms with Crippen LogP contribution in [0.4, 0.5) is 0 Å². The average molecular weight is 350 g/mol. The van der Waals surface area contributed by atoms with Crippen LogP contribution < -0.4 is 0 Å². The fourth-order valence-corrected chi connectivity index (χ4v) is 3.31. The molecule has 0 aromatic carbocycles. The SMILES string of the molecule is CC1(C)O[C@@H](CO[Si](C)(C)C(C)(C)C)[C@H](C(C)(C)O[N+](=O)[O-])O1. The zero-order valence-corrected chi connectivity index (χ0v) is 16.8. The first-order valence-corrected chi connectivity index (χ1v) is 10.8. The van der Waals surface area contributed by atoms with E-state index in [1.165, 1.54) is 0 Å². The molecule has 0 aliphatic carbocycles. The second-order valence-electron chi connectivity index (χ2n) is 8.58. The lowest BCUT2D eigenvalue weighted by Gasteiger charge is -2.38. The predicted octanol–water partition coefficient (Wildman–Crippen LogP) is 3.52. The Morgan fingerprint density at radius 3 is 2.13 bits per heavy atom. The summed E-state index contributed by atoms with van der Waals surface area (Å²) >= 11 is 0. The van der Waals surface area contributed by atoms with Crippen LogP contribution >= 0.6 is 0 Å². The highest BCUT2D eigenvalue weighted by Gasteiger charge is 2.51. The molecular formula is C15H31NO6Si. The van der Waals surface area contributed by atoms with E-state index in [1.807, 2.05) is 0 Å². The zero-order valence-electron chi connectivity index (χ0n) is 15.8. The molecule has 1 rings (SSSR count). The van der Waals surface area contributed by atoms with Gasteiger partial charge in [0.2, 0.25) is 0 Å². The summed E-state index contributed by atoms with van der Waals surface area (Å²) in [5.74, 6) is -0.830. The van der Waals surface area contributed by atoms with E-state index in [0.717, 1.165) is 0 Å². The van der Waals surface area contributed by atoms with E-state index in [0.29, 0.717) is 6.61 Å². The van der Waals surface area contributed by atoms with Gasteiger partial charge in [-0.15, -0.1) is 10.1 Å². The molecule has 1 fully saturated rings.